The molecule has 0 aliphatic carbocycles. The molecule has 5 N–H and O–H groups in total. The maximum Gasteiger partial charge on any atom is 0.115 e. The number of nitrogens with one attached hydrogen (secondary N) is 1. The van der Waals surface area contributed by atoms with E-state index < -0.39 is 24.3 Å². The number of rotatable bonds is 2. The van der Waals surface area contributed by atoms with Crippen LogP contribution in [0.5, 0.6) is 5.75 Å². The first kappa shape index (κ1) is 11.3. The molecule has 0 unspecified atom stereocenters. The van der Waals surface area contributed by atoms with Crippen molar-refractivity contribution in [3.8, 4) is 5.75 Å². The lowest BCUT2D eigenvalue weighted by Crippen LogP contribution is -2.35. The Hall–Kier alpha value is -1.14. The third kappa shape index (κ3) is 1.90. The summed E-state index contributed by atoms with van der Waals surface area (Å²) in [5.41, 5.74) is 0.764. The van der Waals surface area contributed by atoms with Gasteiger partial charge in [0.1, 0.15) is 11.9 Å². The lowest BCUT2D eigenvalue weighted by atomic mass is 10.0. The molecule has 5 heteroatoms. The van der Waals surface area contributed by atoms with Gasteiger partial charge in [-0.3, -0.25) is 0 Å². The van der Waals surface area contributed by atoms with Gasteiger partial charge >= 0.3 is 0 Å². The summed E-state index contributed by atoms with van der Waals surface area (Å²) in [4.78, 5) is 0. The molecule has 0 aromatic heterocycles. The summed E-state index contributed by atoms with van der Waals surface area (Å²) in [5, 5.41) is 40.5. The molecule has 1 heterocycles. The Morgan fingerprint density at radius 2 is 1.69 bits per heavy atom. The van der Waals surface area contributed by atoms with E-state index in [1.807, 2.05) is 0 Å². The lowest BCUT2D eigenvalue weighted by Gasteiger charge is -2.16. The van der Waals surface area contributed by atoms with E-state index in [0.717, 1.165) is 5.56 Å². The van der Waals surface area contributed by atoms with E-state index in [0.29, 0.717) is 0 Å². The summed E-state index contributed by atoms with van der Waals surface area (Å²) in [7, 11) is 0. The molecule has 1 saturated heterocycles. The van der Waals surface area contributed by atoms with Crippen LogP contribution in [-0.4, -0.2) is 45.3 Å². The van der Waals surface area contributed by atoms with Gasteiger partial charge in [-0.1, -0.05) is 12.1 Å². The quantitative estimate of drug-likeness (QED) is 0.451. The highest BCUT2D eigenvalue weighted by Crippen LogP contribution is 2.28. The van der Waals surface area contributed by atoms with E-state index in [2.05, 4.69) is 5.32 Å². The molecule has 1 aliphatic rings. The molecule has 88 valence electrons. The maximum absolute atomic E-state index is 9.80. The zero-order valence-electron chi connectivity index (χ0n) is 8.61. The summed E-state index contributed by atoms with van der Waals surface area (Å²) in [6.45, 7) is -0.229. The summed E-state index contributed by atoms with van der Waals surface area (Å²) >= 11 is 0. The Kier molecular flexibility index (Phi) is 3.11. The minimum Gasteiger partial charge on any atom is -0.508 e. The number of phenols is 1. The van der Waals surface area contributed by atoms with Crippen molar-refractivity contribution < 1.29 is 20.4 Å². The van der Waals surface area contributed by atoms with Crippen LogP contribution in [0.2, 0.25) is 0 Å². The van der Waals surface area contributed by atoms with Crippen molar-refractivity contribution >= 4 is 0 Å². The third-order valence-electron chi connectivity index (χ3n) is 2.95. The van der Waals surface area contributed by atoms with E-state index in [-0.39, 0.29) is 12.4 Å². The third-order valence-corrected chi connectivity index (χ3v) is 2.95. The van der Waals surface area contributed by atoms with Crippen LogP contribution in [0.3, 0.4) is 0 Å². The molecular formula is C11H15NO4. The summed E-state index contributed by atoms with van der Waals surface area (Å²) in [6, 6.07) is 5.43. The second-order valence-corrected chi connectivity index (χ2v) is 4.01. The van der Waals surface area contributed by atoms with Crippen LogP contribution in [0.15, 0.2) is 24.3 Å². The molecule has 0 amide bonds. The number of phenolic OH excluding ortho intramolecular Hbond substituents is 1. The Morgan fingerprint density at radius 3 is 2.19 bits per heavy atom. The van der Waals surface area contributed by atoms with E-state index in [1.165, 1.54) is 12.1 Å². The topological polar surface area (TPSA) is 93.0 Å². The molecule has 1 aromatic rings. The highest BCUT2D eigenvalue weighted by molar-refractivity contribution is 5.30. The van der Waals surface area contributed by atoms with Crippen LogP contribution >= 0.6 is 0 Å². The van der Waals surface area contributed by atoms with Gasteiger partial charge in [0.05, 0.1) is 24.8 Å². The Balaban J connectivity index is 2.19. The van der Waals surface area contributed by atoms with Gasteiger partial charge in [0.2, 0.25) is 0 Å². The van der Waals surface area contributed by atoms with Crippen molar-refractivity contribution in [2.75, 3.05) is 6.61 Å². The van der Waals surface area contributed by atoms with Crippen LogP contribution in [0.1, 0.15) is 11.6 Å². The van der Waals surface area contributed by atoms with Crippen molar-refractivity contribution in [2.24, 2.45) is 0 Å². The van der Waals surface area contributed by atoms with Crippen molar-refractivity contribution in [1.82, 2.24) is 5.32 Å². The number of aliphatic hydroxyl groups is 3. The van der Waals surface area contributed by atoms with Gasteiger partial charge in [0, 0.05) is 0 Å². The molecule has 4 atom stereocenters. The van der Waals surface area contributed by atoms with Crippen LogP contribution in [0.25, 0.3) is 0 Å². The number of hydrogen-bond donors (Lipinski definition) is 5. The first-order valence-corrected chi connectivity index (χ1v) is 5.15. The van der Waals surface area contributed by atoms with E-state index in [4.69, 9.17) is 10.2 Å². The monoisotopic (exact) mass is 225 g/mol. The van der Waals surface area contributed by atoms with Crippen LogP contribution < -0.4 is 5.32 Å². The number of benzene rings is 1. The number of hydrogen-bond acceptors (Lipinski definition) is 5. The highest BCUT2D eigenvalue weighted by atomic mass is 16.3. The second kappa shape index (κ2) is 4.39. The molecule has 2 rings (SSSR count). The maximum atomic E-state index is 9.80. The zero-order valence-corrected chi connectivity index (χ0v) is 8.61. The highest BCUT2D eigenvalue weighted by Gasteiger charge is 2.41. The zero-order chi connectivity index (χ0) is 11.7. The lowest BCUT2D eigenvalue weighted by molar-refractivity contribution is 0.0194. The van der Waals surface area contributed by atoms with Crippen LogP contribution in [0, 0.1) is 0 Å². The fraction of sp³-hybridized carbons (Fsp3) is 0.455. The smallest absolute Gasteiger partial charge is 0.115 e. The SMILES string of the molecule is OC[C@H]1N[C@@H](c2ccc(O)cc2)[C@H](O)[C@@H]1O. The average Bonchev–Trinajstić information content (AvgIpc) is 2.57. The van der Waals surface area contributed by atoms with Gasteiger partial charge in [-0.25, -0.2) is 0 Å². The van der Waals surface area contributed by atoms with E-state index >= 15 is 0 Å². The predicted octanol–water partition coefficient (Wildman–Crippen LogP) is -0.881. The fourth-order valence-corrected chi connectivity index (χ4v) is 2.00. The summed E-state index contributed by atoms with van der Waals surface area (Å²) in [5.74, 6) is 0.149. The van der Waals surface area contributed by atoms with E-state index in [9.17, 15) is 10.2 Å². The van der Waals surface area contributed by atoms with Crippen molar-refractivity contribution in [2.45, 2.75) is 24.3 Å². The normalized spacial score (nSPS) is 34.2. The summed E-state index contributed by atoms with van der Waals surface area (Å²) < 4.78 is 0. The molecule has 16 heavy (non-hydrogen) atoms. The Labute approximate surface area is 93.0 Å². The van der Waals surface area contributed by atoms with Gasteiger partial charge in [-0.2, -0.15) is 0 Å². The first-order valence-electron chi connectivity index (χ1n) is 5.15. The van der Waals surface area contributed by atoms with E-state index in [1.54, 1.807) is 12.1 Å². The summed E-state index contributed by atoms with van der Waals surface area (Å²) in [6.07, 6.45) is -1.94. The molecule has 5 nitrogen and oxygen atoms in total. The first-order chi connectivity index (χ1) is 7.63. The van der Waals surface area contributed by atoms with Gasteiger partial charge in [-0.15, -0.1) is 0 Å². The molecular weight excluding hydrogens is 210 g/mol. The molecule has 0 radical (unpaired) electrons. The molecule has 0 saturated carbocycles. The minimum absolute atomic E-state index is 0.149. The number of aliphatic hydroxyl groups excluding tert-OH is 3. The largest absolute Gasteiger partial charge is 0.508 e. The molecule has 1 aromatic carbocycles. The molecule has 1 fully saturated rings. The molecule has 0 spiro atoms. The van der Waals surface area contributed by atoms with Gasteiger partial charge in [0.15, 0.2) is 0 Å². The van der Waals surface area contributed by atoms with Gasteiger partial charge < -0.3 is 25.7 Å². The minimum atomic E-state index is -0.983. The van der Waals surface area contributed by atoms with Crippen molar-refractivity contribution in [3.63, 3.8) is 0 Å². The Morgan fingerprint density at radius 1 is 1.06 bits per heavy atom. The van der Waals surface area contributed by atoms with Gasteiger partial charge in [0.25, 0.3) is 0 Å². The van der Waals surface area contributed by atoms with Crippen molar-refractivity contribution in [1.29, 1.82) is 0 Å². The van der Waals surface area contributed by atoms with Gasteiger partial charge in [-0.05, 0) is 17.7 Å². The molecule has 1 aliphatic heterocycles. The van der Waals surface area contributed by atoms with Crippen LogP contribution in [0.4, 0.5) is 0 Å². The standard InChI is InChI=1S/C11H15NO4/c13-5-8-10(15)11(16)9(12-8)6-1-3-7(14)4-2-6/h1-4,8-16H,5H2/t8-,9+,10-,11+/m1/s1. The number of aromatic hydroxyl groups is 1. The average molecular weight is 225 g/mol. The van der Waals surface area contributed by atoms with Crippen molar-refractivity contribution in [3.05, 3.63) is 29.8 Å². The Bertz CT molecular complexity index is 354. The van der Waals surface area contributed by atoms with Crippen LogP contribution in [-0.2, 0) is 0 Å². The molecule has 0 bridgehead atoms. The second-order valence-electron chi connectivity index (χ2n) is 4.01. The predicted molar refractivity (Wildman–Crippen MR) is 56.9 cm³/mol. The fourth-order valence-electron chi connectivity index (χ4n) is 2.00.